The Balaban J connectivity index is 1.88. The number of nitrogens with one attached hydrogen (secondary N) is 1. The number of aromatic carboxylic acids is 1. The Hall–Kier alpha value is -2.59. The van der Waals surface area contributed by atoms with Gasteiger partial charge in [-0.05, 0) is 24.1 Å². The molecule has 0 radical (unpaired) electrons. The first-order valence-corrected chi connectivity index (χ1v) is 10.1. The van der Waals surface area contributed by atoms with Gasteiger partial charge in [0.05, 0.1) is 45.1 Å². The predicted molar refractivity (Wildman–Crippen MR) is 111 cm³/mol. The minimum atomic E-state index is -1.30. The SMILES string of the molecule is O=C(O)c1c(=O)ccn2c1[nH]c1c(SN3CCOCC3)cnc3ccc(Cl)c2c31. The summed E-state index contributed by atoms with van der Waals surface area (Å²) in [6.07, 6.45) is 3.28. The number of carboxylic acids is 1. The summed E-state index contributed by atoms with van der Waals surface area (Å²) in [5, 5.41) is 10.9. The van der Waals surface area contributed by atoms with E-state index in [0.717, 1.165) is 28.9 Å². The number of fused-ring (bicyclic) bond motifs is 2. The van der Waals surface area contributed by atoms with Crippen LogP contribution in [0.5, 0.6) is 0 Å². The molecule has 0 amide bonds. The summed E-state index contributed by atoms with van der Waals surface area (Å²) in [5.74, 6) is -1.30. The van der Waals surface area contributed by atoms with Gasteiger partial charge >= 0.3 is 5.97 Å². The fraction of sp³-hybridized carbons (Fsp3) is 0.211. The monoisotopic (exact) mass is 430 g/mol. The van der Waals surface area contributed by atoms with E-state index < -0.39 is 11.4 Å². The molecule has 4 aromatic rings. The molecule has 2 N–H and O–H groups in total. The number of hydrogen-bond donors (Lipinski definition) is 2. The summed E-state index contributed by atoms with van der Waals surface area (Å²) >= 11 is 8.04. The maximum absolute atomic E-state index is 12.3. The van der Waals surface area contributed by atoms with Crippen molar-refractivity contribution in [3.63, 3.8) is 0 Å². The van der Waals surface area contributed by atoms with Crippen molar-refractivity contribution in [1.29, 1.82) is 0 Å². The largest absolute Gasteiger partial charge is 0.477 e. The molecule has 29 heavy (non-hydrogen) atoms. The number of nitrogens with zero attached hydrogens (tertiary/aromatic N) is 3. The van der Waals surface area contributed by atoms with Crippen LogP contribution < -0.4 is 5.43 Å². The van der Waals surface area contributed by atoms with Crippen molar-refractivity contribution in [2.75, 3.05) is 26.3 Å². The van der Waals surface area contributed by atoms with Gasteiger partial charge in [-0.3, -0.25) is 9.78 Å². The maximum atomic E-state index is 12.3. The third kappa shape index (κ3) is 2.98. The molecule has 0 atom stereocenters. The van der Waals surface area contributed by atoms with Crippen LogP contribution in [0.1, 0.15) is 10.4 Å². The molecule has 8 nitrogen and oxygen atoms in total. The highest BCUT2D eigenvalue weighted by molar-refractivity contribution is 7.97. The number of ether oxygens (including phenoxy) is 1. The molecule has 0 bridgehead atoms. The number of benzene rings is 1. The Morgan fingerprint density at radius 1 is 1.28 bits per heavy atom. The Bertz CT molecular complexity index is 1340. The average molecular weight is 431 g/mol. The Morgan fingerprint density at radius 2 is 2.07 bits per heavy atom. The first-order chi connectivity index (χ1) is 14.0. The van der Waals surface area contributed by atoms with Gasteiger partial charge in [-0.15, -0.1) is 0 Å². The molecule has 0 aliphatic carbocycles. The van der Waals surface area contributed by atoms with Gasteiger partial charge in [-0.2, -0.15) is 0 Å². The van der Waals surface area contributed by atoms with E-state index in [1.54, 1.807) is 16.7 Å². The molecule has 4 heterocycles. The Labute approximate surface area is 173 Å². The summed E-state index contributed by atoms with van der Waals surface area (Å²) in [6, 6.07) is 4.77. The number of rotatable bonds is 3. The number of carbonyl (C=O) groups is 1. The van der Waals surface area contributed by atoms with Gasteiger partial charge < -0.3 is 19.2 Å². The summed E-state index contributed by atoms with van der Waals surface area (Å²) in [5.41, 5.74) is 1.30. The quantitative estimate of drug-likeness (QED) is 0.293. The van der Waals surface area contributed by atoms with Crippen LogP contribution in [0.25, 0.3) is 27.6 Å². The van der Waals surface area contributed by atoms with Gasteiger partial charge in [0.25, 0.3) is 0 Å². The summed E-state index contributed by atoms with van der Waals surface area (Å²) in [4.78, 5) is 32.7. The van der Waals surface area contributed by atoms with E-state index in [9.17, 15) is 14.7 Å². The smallest absolute Gasteiger partial charge is 0.343 e. The number of pyridine rings is 2. The molecule has 148 valence electrons. The summed E-state index contributed by atoms with van der Waals surface area (Å²) in [6.45, 7) is 2.83. The maximum Gasteiger partial charge on any atom is 0.343 e. The molecular formula is C19H15ClN4O4S. The van der Waals surface area contributed by atoms with E-state index in [4.69, 9.17) is 16.3 Å². The van der Waals surface area contributed by atoms with Crippen molar-refractivity contribution < 1.29 is 14.6 Å². The fourth-order valence-electron chi connectivity index (χ4n) is 3.60. The molecule has 0 saturated carbocycles. The van der Waals surface area contributed by atoms with E-state index in [1.807, 2.05) is 6.07 Å². The van der Waals surface area contributed by atoms with Crippen molar-refractivity contribution >= 4 is 57.1 Å². The molecule has 0 unspecified atom stereocenters. The predicted octanol–water partition coefficient (Wildman–Crippen LogP) is 3.02. The Morgan fingerprint density at radius 3 is 2.83 bits per heavy atom. The molecule has 1 aromatic carbocycles. The number of halogens is 1. The number of aromatic nitrogens is 3. The lowest BCUT2D eigenvalue weighted by Crippen LogP contribution is -2.30. The van der Waals surface area contributed by atoms with E-state index in [2.05, 4.69) is 14.3 Å². The molecule has 3 aromatic heterocycles. The van der Waals surface area contributed by atoms with Crippen molar-refractivity contribution in [2.45, 2.75) is 4.90 Å². The number of hydrogen-bond acceptors (Lipinski definition) is 6. The van der Waals surface area contributed by atoms with E-state index in [0.29, 0.717) is 29.3 Å². The van der Waals surface area contributed by atoms with Gasteiger partial charge in [0.15, 0.2) is 5.43 Å². The molecule has 5 rings (SSSR count). The summed E-state index contributed by atoms with van der Waals surface area (Å²) in [7, 11) is 0. The van der Waals surface area contributed by atoms with Gasteiger partial charge in [0.1, 0.15) is 11.2 Å². The highest BCUT2D eigenvalue weighted by atomic mass is 35.5. The number of aromatic amines is 1. The number of H-pyrrole nitrogens is 1. The third-order valence-electron chi connectivity index (χ3n) is 4.92. The van der Waals surface area contributed by atoms with E-state index in [-0.39, 0.29) is 11.2 Å². The minimum Gasteiger partial charge on any atom is -0.477 e. The number of carboxylic acid groups (broad SMARTS) is 1. The van der Waals surface area contributed by atoms with Gasteiger partial charge in [0, 0.05) is 31.5 Å². The highest BCUT2D eigenvalue weighted by Gasteiger charge is 2.21. The minimum absolute atomic E-state index is 0.182. The molecule has 0 spiro atoms. The normalized spacial score (nSPS) is 15.5. The first kappa shape index (κ1) is 18.4. The van der Waals surface area contributed by atoms with Crippen LogP contribution in [0.4, 0.5) is 0 Å². The summed E-state index contributed by atoms with van der Waals surface area (Å²) < 4.78 is 9.18. The van der Waals surface area contributed by atoms with E-state index >= 15 is 0 Å². The molecule has 10 heteroatoms. The van der Waals surface area contributed by atoms with Crippen LogP contribution in [0.3, 0.4) is 0 Å². The zero-order chi connectivity index (χ0) is 20.1. The van der Waals surface area contributed by atoms with Gasteiger partial charge in [-0.1, -0.05) is 11.6 Å². The standard InChI is InChI=1S/C19H15ClN4O4S/c20-10-1-2-11-14-16(13(9-21-11)29-23-5-7-28-8-6-23)22-18-15(19(26)27)12(25)3-4-24(18)17(10)14/h1-4,9,22H,5-8H2,(H,26,27). The average Bonchev–Trinajstić information content (AvgIpc) is 2.71. The van der Waals surface area contributed by atoms with Gasteiger partial charge in [0.2, 0.25) is 0 Å². The zero-order valence-corrected chi connectivity index (χ0v) is 16.6. The van der Waals surface area contributed by atoms with Crippen LogP contribution in [0.15, 0.2) is 40.3 Å². The Kier molecular flexibility index (Phi) is 4.47. The van der Waals surface area contributed by atoms with Crippen LogP contribution in [0, 0.1) is 0 Å². The van der Waals surface area contributed by atoms with Crippen LogP contribution in [-0.4, -0.2) is 56.1 Å². The van der Waals surface area contributed by atoms with Crippen molar-refractivity contribution in [1.82, 2.24) is 18.7 Å². The van der Waals surface area contributed by atoms with Crippen LogP contribution in [0.2, 0.25) is 5.02 Å². The second kappa shape index (κ2) is 7.03. The highest BCUT2D eigenvalue weighted by Crippen LogP contribution is 2.36. The molecule has 1 fully saturated rings. The second-order valence-electron chi connectivity index (χ2n) is 6.62. The van der Waals surface area contributed by atoms with E-state index in [1.165, 1.54) is 24.2 Å². The first-order valence-electron chi connectivity index (χ1n) is 8.93. The molecule has 1 aliphatic rings. The van der Waals surface area contributed by atoms with Crippen molar-refractivity contribution in [2.24, 2.45) is 0 Å². The van der Waals surface area contributed by atoms with Crippen LogP contribution in [-0.2, 0) is 4.74 Å². The van der Waals surface area contributed by atoms with Crippen molar-refractivity contribution in [3.05, 3.63) is 51.4 Å². The molecular weight excluding hydrogens is 416 g/mol. The lowest BCUT2D eigenvalue weighted by atomic mass is 10.1. The molecule has 1 aliphatic heterocycles. The lowest BCUT2D eigenvalue weighted by molar-refractivity contribution is 0.0697. The topological polar surface area (TPSA) is 99.9 Å². The zero-order valence-electron chi connectivity index (χ0n) is 15.0. The lowest BCUT2D eigenvalue weighted by Gasteiger charge is -2.26. The van der Waals surface area contributed by atoms with Crippen LogP contribution >= 0.6 is 23.5 Å². The number of morpholine rings is 1. The second-order valence-corrected chi connectivity index (χ2v) is 8.17. The van der Waals surface area contributed by atoms with Crippen molar-refractivity contribution in [3.8, 4) is 0 Å². The molecule has 1 saturated heterocycles. The van der Waals surface area contributed by atoms with Gasteiger partial charge in [-0.25, -0.2) is 9.10 Å². The third-order valence-corrected chi connectivity index (χ3v) is 6.35. The fourth-order valence-corrected chi connectivity index (χ4v) is 4.80.